The predicted molar refractivity (Wildman–Crippen MR) is 96.3 cm³/mol. The van der Waals surface area contributed by atoms with Crippen LogP contribution in [0.15, 0.2) is 53.6 Å². The second kappa shape index (κ2) is 7.98. The van der Waals surface area contributed by atoms with E-state index in [4.69, 9.17) is 0 Å². The highest BCUT2D eigenvalue weighted by Gasteiger charge is 2.34. The van der Waals surface area contributed by atoms with Gasteiger partial charge in [-0.15, -0.1) is 13.2 Å². The molecule has 0 saturated carbocycles. The molecule has 0 spiro atoms. The van der Waals surface area contributed by atoms with E-state index in [1.807, 2.05) is 0 Å². The lowest BCUT2D eigenvalue weighted by atomic mass is 10.2. The zero-order valence-electron chi connectivity index (χ0n) is 15.4. The fourth-order valence-corrected chi connectivity index (χ4v) is 3.72. The first-order valence-corrected chi connectivity index (χ1v) is 9.77. The van der Waals surface area contributed by atoms with Gasteiger partial charge in [-0.25, -0.2) is 26.9 Å². The van der Waals surface area contributed by atoms with E-state index in [2.05, 4.69) is 9.72 Å². The average Bonchev–Trinajstić information content (AvgIpc) is 3.02. The van der Waals surface area contributed by atoms with Gasteiger partial charge >= 0.3 is 6.36 Å². The molecule has 0 unspecified atom stereocenters. The number of halogens is 5. The Hall–Kier alpha value is -3.48. The molecule has 0 aliphatic carbocycles. The van der Waals surface area contributed by atoms with Crippen LogP contribution in [0.2, 0.25) is 0 Å². The van der Waals surface area contributed by atoms with Gasteiger partial charge in [-0.3, -0.25) is 4.79 Å². The largest absolute Gasteiger partial charge is 0.573 e. The summed E-state index contributed by atoms with van der Waals surface area (Å²) in [5, 5.41) is 0. The maximum Gasteiger partial charge on any atom is 0.573 e. The van der Waals surface area contributed by atoms with Crippen LogP contribution in [-0.2, 0) is 17.1 Å². The van der Waals surface area contributed by atoms with Crippen molar-refractivity contribution in [2.45, 2.75) is 11.3 Å². The molecule has 1 amide bonds. The molecule has 1 heterocycles. The van der Waals surface area contributed by atoms with E-state index in [1.165, 1.54) is 7.05 Å². The molecular formula is C18H12F5N3O4S. The van der Waals surface area contributed by atoms with Crippen molar-refractivity contribution >= 4 is 15.9 Å². The van der Waals surface area contributed by atoms with Crippen LogP contribution >= 0.6 is 0 Å². The topological polar surface area (TPSA) is 90.3 Å². The first kappa shape index (κ1) is 22.2. The third kappa shape index (κ3) is 4.82. The Morgan fingerprint density at radius 2 is 1.68 bits per heavy atom. The quantitative estimate of drug-likeness (QED) is 0.589. The lowest BCUT2D eigenvalue weighted by Crippen LogP contribution is -2.31. The lowest BCUT2D eigenvalue weighted by molar-refractivity contribution is -0.275. The second-order valence-electron chi connectivity index (χ2n) is 6.09. The number of carbonyl (C=O) groups excluding carboxylic acids is 1. The Kier molecular flexibility index (Phi) is 5.72. The van der Waals surface area contributed by atoms with Crippen molar-refractivity contribution in [3.63, 3.8) is 0 Å². The fraction of sp³-hybridized carbons (Fsp3) is 0.111. The van der Waals surface area contributed by atoms with E-state index in [1.54, 1.807) is 4.72 Å². The van der Waals surface area contributed by atoms with E-state index in [0.29, 0.717) is 0 Å². The van der Waals surface area contributed by atoms with Crippen molar-refractivity contribution < 1.29 is 39.9 Å². The number of nitrogens with zero attached hydrogens (tertiary/aromatic N) is 2. The summed E-state index contributed by atoms with van der Waals surface area (Å²) in [6, 6.07) is 6.85. The molecule has 0 bridgehead atoms. The maximum absolute atomic E-state index is 14.0. The molecule has 164 valence electrons. The number of sulfonamides is 1. The van der Waals surface area contributed by atoms with Crippen molar-refractivity contribution in [3.8, 4) is 17.1 Å². The summed E-state index contributed by atoms with van der Waals surface area (Å²) in [4.78, 5) is 15.2. The van der Waals surface area contributed by atoms with Crippen LogP contribution in [0.5, 0.6) is 5.75 Å². The molecule has 0 radical (unpaired) electrons. The Morgan fingerprint density at radius 3 is 2.29 bits per heavy atom. The number of hydrogen-bond acceptors (Lipinski definition) is 5. The van der Waals surface area contributed by atoms with Crippen molar-refractivity contribution in [1.29, 1.82) is 0 Å². The van der Waals surface area contributed by atoms with Crippen LogP contribution in [0.25, 0.3) is 11.4 Å². The molecule has 0 aliphatic rings. The van der Waals surface area contributed by atoms with Gasteiger partial charge in [-0.1, -0.05) is 18.2 Å². The first-order chi connectivity index (χ1) is 14.4. The zero-order chi connectivity index (χ0) is 23.0. The summed E-state index contributed by atoms with van der Waals surface area (Å²) < 4.78 is 96.8. The minimum atomic E-state index is -5.17. The summed E-state index contributed by atoms with van der Waals surface area (Å²) in [7, 11) is -3.51. The van der Waals surface area contributed by atoms with E-state index in [9.17, 15) is 35.2 Å². The number of amides is 1. The van der Waals surface area contributed by atoms with Gasteiger partial charge < -0.3 is 9.30 Å². The third-order valence-corrected chi connectivity index (χ3v) is 5.26. The zero-order valence-corrected chi connectivity index (χ0v) is 16.3. The Bertz CT molecular complexity index is 1240. The van der Waals surface area contributed by atoms with Crippen molar-refractivity contribution in [1.82, 2.24) is 14.3 Å². The third-order valence-electron chi connectivity index (χ3n) is 3.89. The van der Waals surface area contributed by atoms with E-state index in [0.717, 1.165) is 53.2 Å². The van der Waals surface area contributed by atoms with Crippen LogP contribution in [0.1, 0.15) is 10.5 Å². The smallest absolute Gasteiger partial charge is 0.404 e. The lowest BCUT2D eigenvalue weighted by Gasteiger charge is -2.13. The maximum atomic E-state index is 14.0. The molecule has 0 fully saturated rings. The van der Waals surface area contributed by atoms with Gasteiger partial charge in [-0.2, -0.15) is 0 Å². The molecule has 1 aromatic heterocycles. The highest BCUT2D eigenvalue weighted by molar-refractivity contribution is 7.90. The Labute approximate surface area is 172 Å². The van der Waals surface area contributed by atoms with Gasteiger partial charge in [0.2, 0.25) is 0 Å². The molecule has 31 heavy (non-hydrogen) atoms. The molecule has 0 saturated heterocycles. The molecule has 0 atom stereocenters. The summed E-state index contributed by atoms with van der Waals surface area (Å²) in [5.41, 5.74) is -1.09. The van der Waals surface area contributed by atoms with Gasteiger partial charge in [0.05, 0.1) is 5.56 Å². The number of aromatic nitrogens is 2. The fourth-order valence-electron chi connectivity index (χ4n) is 2.63. The Balaban J connectivity index is 1.93. The van der Waals surface area contributed by atoms with E-state index < -0.39 is 55.8 Å². The summed E-state index contributed by atoms with van der Waals surface area (Å²) in [5.74, 6) is -4.62. The van der Waals surface area contributed by atoms with Gasteiger partial charge in [0.15, 0.2) is 0 Å². The SMILES string of the molecule is Cn1cc(C(=O)NS(=O)(=O)c2ccccc2OC(F)(F)F)nc1-c1c(F)cccc1F. The van der Waals surface area contributed by atoms with Crippen molar-refractivity contribution in [2.75, 3.05) is 0 Å². The predicted octanol–water partition coefficient (Wildman–Crippen LogP) is 3.38. The van der Waals surface area contributed by atoms with E-state index in [-0.39, 0.29) is 5.82 Å². The van der Waals surface area contributed by atoms with Gasteiger partial charge in [0.25, 0.3) is 15.9 Å². The molecule has 3 rings (SSSR count). The summed E-state index contributed by atoms with van der Waals surface area (Å²) in [6.07, 6.45) is -4.17. The number of hydrogen-bond donors (Lipinski definition) is 1. The number of rotatable bonds is 5. The Morgan fingerprint density at radius 1 is 1.06 bits per heavy atom. The van der Waals surface area contributed by atoms with E-state index >= 15 is 0 Å². The first-order valence-electron chi connectivity index (χ1n) is 8.29. The number of carbonyl (C=O) groups is 1. The number of nitrogens with one attached hydrogen (secondary N) is 1. The van der Waals surface area contributed by atoms with Gasteiger partial charge in [0.1, 0.15) is 33.8 Å². The summed E-state index contributed by atoms with van der Waals surface area (Å²) in [6.45, 7) is 0. The number of aryl methyl sites for hydroxylation is 1. The van der Waals surface area contributed by atoms with Crippen LogP contribution in [0.3, 0.4) is 0 Å². The number of alkyl halides is 3. The molecule has 0 aliphatic heterocycles. The molecule has 7 nitrogen and oxygen atoms in total. The number of para-hydroxylation sites is 1. The number of ether oxygens (including phenoxy) is 1. The molecule has 3 aromatic rings. The second-order valence-corrected chi connectivity index (χ2v) is 7.74. The summed E-state index contributed by atoms with van der Waals surface area (Å²) >= 11 is 0. The standard InChI is InChI=1S/C18H12F5N3O4S/c1-26-9-12(24-16(26)15-10(19)5-4-6-11(15)20)17(27)25-31(28,29)14-8-3-2-7-13(14)30-18(21,22)23/h2-9H,1H3,(H,25,27). The minimum absolute atomic E-state index is 0.307. The van der Waals surface area contributed by atoms with Crippen LogP contribution in [0.4, 0.5) is 22.0 Å². The molecule has 13 heteroatoms. The highest BCUT2D eigenvalue weighted by atomic mass is 32.2. The van der Waals surface area contributed by atoms with Gasteiger partial charge in [0, 0.05) is 13.2 Å². The average molecular weight is 461 g/mol. The van der Waals surface area contributed by atoms with Crippen LogP contribution < -0.4 is 9.46 Å². The number of imidazole rings is 1. The normalized spacial score (nSPS) is 11.9. The molecule has 1 N–H and O–H groups in total. The van der Waals surface area contributed by atoms with Crippen molar-refractivity contribution in [2.24, 2.45) is 7.05 Å². The van der Waals surface area contributed by atoms with Crippen LogP contribution in [-0.4, -0.2) is 30.2 Å². The molecule has 2 aromatic carbocycles. The monoisotopic (exact) mass is 461 g/mol. The minimum Gasteiger partial charge on any atom is -0.404 e. The van der Waals surface area contributed by atoms with Crippen molar-refractivity contribution in [3.05, 3.63) is 66.0 Å². The van der Waals surface area contributed by atoms with Crippen LogP contribution in [0, 0.1) is 11.6 Å². The molecular weight excluding hydrogens is 449 g/mol. The highest BCUT2D eigenvalue weighted by Crippen LogP contribution is 2.29. The van der Waals surface area contributed by atoms with Gasteiger partial charge in [-0.05, 0) is 24.3 Å². The number of benzene rings is 2.